The number of rotatable bonds is 6. The third-order valence-electron chi connectivity index (χ3n) is 7.18. The first-order valence-electron chi connectivity index (χ1n) is 13.2. The molecule has 0 N–H and O–H groups in total. The topological polar surface area (TPSA) is 64.8 Å². The zero-order chi connectivity index (χ0) is 26.0. The van der Waals surface area contributed by atoms with E-state index in [9.17, 15) is 0 Å². The molecule has 192 valence electrons. The Kier molecular flexibility index (Phi) is 6.13. The van der Waals surface area contributed by atoms with Crippen LogP contribution in [0.3, 0.4) is 0 Å². The van der Waals surface area contributed by atoms with E-state index in [-0.39, 0.29) is 18.1 Å². The van der Waals surface area contributed by atoms with E-state index in [4.69, 9.17) is 29.2 Å². The van der Waals surface area contributed by atoms with Gasteiger partial charge in [-0.15, -0.1) is 0 Å². The fourth-order valence-corrected chi connectivity index (χ4v) is 5.13. The van der Waals surface area contributed by atoms with E-state index in [0.29, 0.717) is 37.5 Å². The van der Waals surface area contributed by atoms with Crippen LogP contribution in [-0.4, -0.2) is 37.5 Å². The van der Waals surface area contributed by atoms with Crippen molar-refractivity contribution in [2.24, 2.45) is 15.0 Å². The van der Waals surface area contributed by atoms with Crippen molar-refractivity contribution in [3.8, 4) is 0 Å². The van der Waals surface area contributed by atoms with Crippen LogP contribution in [0.1, 0.15) is 51.5 Å². The molecule has 0 fully saturated rings. The smallest absolute Gasteiger partial charge is 0.216 e. The highest BCUT2D eigenvalue weighted by Crippen LogP contribution is 2.30. The van der Waals surface area contributed by atoms with Crippen LogP contribution in [0.15, 0.2) is 124 Å². The number of benzene rings is 4. The Hall–Kier alpha value is -4.71. The molecule has 0 aromatic heterocycles. The van der Waals surface area contributed by atoms with E-state index in [1.165, 1.54) is 0 Å². The lowest BCUT2D eigenvalue weighted by atomic mass is 10.0. The highest BCUT2D eigenvalue weighted by Gasteiger charge is 2.28. The second-order valence-corrected chi connectivity index (χ2v) is 9.81. The molecular weight excluding hydrogens is 486 g/mol. The van der Waals surface area contributed by atoms with Gasteiger partial charge in [-0.05, 0) is 34.9 Å². The van der Waals surface area contributed by atoms with Gasteiger partial charge in [-0.2, -0.15) is 0 Å². The zero-order valence-electron chi connectivity index (χ0n) is 21.3. The zero-order valence-corrected chi connectivity index (χ0v) is 21.3. The Bertz CT molecular complexity index is 1360. The van der Waals surface area contributed by atoms with Crippen LogP contribution in [0.2, 0.25) is 0 Å². The van der Waals surface area contributed by atoms with Gasteiger partial charge in [0.2, 0.25) is 17.7 Å². The van der Waals surface area contributed by atoms with Crippen LogP contribution in [0.25, 0.3) is 0 Å². The lowest BCUT2D eigenvalue weighted by molar-refractivity contribution is 0.318. The molecule has 39 heavy (non-hydrogen) atoms. The van der Waals surface area contributed by atoms with Crippen molar-refractivity contribution in [1.82, 2.24) is 0 Å². The Morgan fingerprint density at radius 3 is 0.974 bits per heavy atom. The van der Waals surface area contributed by atoms with Crippen molar-refractivity contribution < 1.29 is 14.2 Å². The molecule has 0 radical (unpaired) electrons. The number of nitrogens with zero attached hydrogens (tertiary/aromatic N) is 3. The Morgan fingerprint density at radius 1 is 0.410 bits per heavy atom. The van der Waals surface area contributed by atoms with E-state index in [2.05, 4.69) is 36.4 Å². The molecule has 7 rings (SSSR count). The molecule has 0 unspecified atom stereocenters. The average molecular weight is 514 g/mol. The first kappa shape index (κ1) is 23.4. The predicted molar refractivity (Wildman–Crippen MR) is 151 cm³/mol. The van der Waals surface area contributed by atoms with Gasteiger partial charge < -0.3 is 14.2 Å². The van der Waals surface area contributed by atoms with E-state index < -0.39 is 0 Å². The van der Waals surface area contributed by atoms with E-state index in [1.807, 2.05) is 72.8 Å². The van der Waals surface area contributed by atoms with Crippen molar-refractivity contribution in [3.63, 3.8) is 0 Å². The molecule has 3 atom stereocenters. The quantitative estimate of drug-likeness (QED) is 0.307. The van der Waals surface area contributed by atoms with Gasteiger partial charge in [0.25, 0.3) is 0 Å². The number of hydrogen-bond acceptors (Lipinski definition) is 6. The molecule has 0 saturated carbocycles. The summed E-state index contributed by atoms with van der Waals surface area (Å²) in [5, 5.41) is 0. The number of aliphatic imine (C=N–C) groups is 3. The number of hydrogen-bond donors (Lipinski definition) is 0. The van der Waals surface area contributed by atoms with Gasteiger partial charge in [0.05, 0.1) is 0 Å². The maximum atomic E-state index is 6.11. The van der Waals surface area contributed by atoms with Gasteiger partial charge in [-0.25, -0.2) is 15.0 Å². The van der Waals surface area contributed by atoms with E-state index in [0.717, 1.165) is 33.4 Å². The first-order chi connectivity index (χ1) is 19.3. The lowest BCUT2D eigenvalue weighted by Gasteiger charge is -2.10. The minimum absolute atomic E-state index is 0.0432. The van der Waals surface area contributed by atoms with Crippen LogP contribution in [0.4, 0.5) is 0 Å². The molecular formula is C33H27N3O3. The second-order valence-electron chi connectivity index (χ2n) is 9.81. The monoisotopic (exact) mass is 513 g/mol. The van der Waals surface area contributed by atoms with Crippen molar-refractivity contribution in [2.45, 2.75) is 18.1 Å². The molecule has 3 aliphatic heterocycles. The summed E-state index contributed by atoms with van der Waals surface area (Å²) in [7, 11) is 0. The van der Waals surface area contributed by atoms with Gasteiger partial charge in [0.15, 0.2) is 0 Å². The molecule has 0 bridgehead atoms. The predicted octanol–water partition coefficient (Wildman–Crippen LogP) is 6.24. The van der Waals surface area contributed by atoms with Gasteiger partial charge >= 0.3 is 0 Å². The van der Waals surface area contributed by atoms with Crippen molar-refractivity contribution in [2.75, 3.05) is 19.8 Å². The molecule has 3 heterocycles. The van der Waals surface area contributed by atoms with Crippen LogP contribution in [0, 0.1) is 0 Å². The van der Waals surface area contributed by atoms with Crippen LogP contribution < -0.4 is 0 Å². The van der Waals surface area contributed by atoms with E-state index in [1.54, 1.807) is 0 Å². The third kappa shape index (κ3) is 4.81. The van der Waals surface area contributed by atoms with Gasteiger partial charge in [0.1, 0.15) is 37.9 Å². The number of ether oxygens (including phenoxy) is 3. The normalized spacial score (nSPS) is 21.8. The summed E-state index contributed by atoms with van der Waals surface area (Å²) in [5.74, 6) is 1.80. The molecule has 0 amide bonds. The Morgan fingerprint density at radius 2 is 0.692 bits per heavy atom. The minimum atomic E-state index is -0.0432. The van der Waals surface area contributed by atoms with Crippen LogP contribution in [-0.2, 0) is 14.2 Å². The maximum Gasteiger partial charge on any atom is 0.216 e. The highest BCUT2D eigenvalue weighted by atomic mass is 16.5. The minimum Gasteiger partial charge on any atom is -0.475 e. The summed E-state index contributed by atoms with van der Waals surface area (Å²) >= 11 is 0. The van der Waals surface area contributed by atoms with Gasteiger partial charge in [0, 0.05) is 16.7 Å². The maximum absolute atomic E-state index is 6.11. The second kappa shape index (κ2) is 10.2. The SMILES string of the molecule is c1ccc([C@H]2COC(c3cc(C4=N[C@@H](c5ccccc5)CO4)cc(C4=N[C@@H](c5ccccc5)CO4)c3)=N2)cc1. The first-order valence-corrected chi connectivity index (χ1v) is 13.2. The molecule has 6 heteroatoms. The van der Waals surface area contributed by atoms with Crippen molar-refractivity contribution >= 4 is 17.7 Å². The van der Waals surface area contributed by atoms with Crippen LogP contribution >= 0.6 is 0 Å². The van der Waals surface area contributed by atoms with E-state index >= 15 is 0 Å². The summed E-state index contributed by atoms with van der Waals surface area (Å²) in [6.07, 6.45) is 0. The largest absolute Gasteiger partial charge is 0.475 e. The molecule has 4 aromatic carbocycles. The molecule has 0 spiro atoms. The third-order valence-corrected chi connectivity index (χ3v) is 7.18. The summed E-state index contributed by atoms with van der Waals surface area (Å²) in [6.45, 7) is 1.50. The van der Waals surface area contributed by atoms with Crippen LogP contribution in [0.5, 0.6) is 0 Å². The Labute approximate surface area is 227 Å². The highest BCUT2D eigenvalue weighted by molar-refractivity contribution is 6.05. The summed E-state index contributed by atoms with van der Waals surface area (Å²) in [4.78, 5) is 14.8. The fraction of sp³-hybridized carbons (Fsp3) is 0.182. The molecule has 4 aromatic rings. The lowest BCUT2D eigenvalue weighted by Crippen LogP contribution is -2.10. The fourth-order valence-electron chi connectivity index (χ4n) is 5.13. The average Bonchev–Trinajstić information content (AvgIpc) is 3.80. The summed E-state index contributed by atoms with van der Waals surface area (Å²) in [5.41, 5.74) is 5.95. The summed E-state index contributed by atoms with van der Waals surface area (Å²) < 4.78 is 18.3. The standard InChI is InChI=1S/C33H27N3O3/c1-4-10-22(11-5-1)28-19-37-31(34-28)25-16-26(32-35-29(20-38-32)23-12-6-2-7-13-23)18-27(17-25)33-36-30(21-39-33)24-14-8-3-9-15-24/h1-18,28-30H,19-21H2/t28-,29-,30-/m1/s1. The summed E-state index contributed by atoms with van der Waals surface area (Å²) in [6, 6.07) is 36.6. The van der Waals surface area contributed by atoms with Crippen molar-refractivity contribution in [3.05, 3.63) is 143 Å². The molecule has 6 nitrogen and oxygen atoms in total. The molecule has 3 aliphatic rings. The molecule has 0 saturated heterocycles. The van der Waals surface area contributed by atoms with Gasteiger partial charge in [-0.3, -0.25) is 0 Å². The van der Waals surface area contributed by atoms with Gasteiger partial charge in [-0.1, -0.05) is 91.0 Å². The molecule has 0 aliphatic carbocycles. The van der Waals surface area contributed by atoms with Crippen molar-refractivity contribution in [1.29, 1.82) is 0 Å². The Balaban J connectivity index is 1.26.